The Balaban J connectivity index is 0.00000150. The Bertz CT molecular complexity index is 769. The van der Waals surface area contributed by atoms with Crippen molar-refractivity contribution in [3.63, 3.8) is 0 Å². The van der Waals surface area contributed by atoms with Crippen LogP contribution in [0.1, 0.15) is 12.0 Å². The Morgan fingerprint density at radius 2 is 1.48 bits per heavy atom. The maximum absolute atomic E-state index is 12.3. The Labute approximate surface area is 186 Å². The van der Waals surface area contributed by atoms with Gasteiger partial charge in [0, 0.05) is 71.9 Å². The van der Waals surface area contributed by atoms with Crippen LogP contribution < -0.4 is 5.32 Å². The zero-order valence-corrected chi connectivity index (χ0v) is 18.5. The zero-order valence-electron chi connectivity index (χ0n) is 16.9. The van der Waals surface area contributed by atoms with E-state index in [2.05, 4.69) is 57.6 Å². The highest BCUT2D eigenvalue weighted by Crippen LogP contribution is 2.20. The second-order valence-electron chi connectivity index (χ2n) is 7.64. The lowest BCUT2D eigenvalue weighted by Gasteiger charge is -2.35. The van der Waals surface area contributed by atoms with Gasteiger partial charge in [-0.05, 0) is 16.3 Å². The van der Waals surface area contributed by atoms with E-state index >= 15 is 0 Å². The SMILES string of the molecule is Cl.Cl.O=C(CCN1CCN(Cc2cccc3ccccc23)CC1)N1CCNCC1. The molecule has 160 valence electrons. The van der Waals surface area contributed by atoms with Gasteiger partial charge in [-0.1, -0.05) is 42.5 Å². The lowest BCUT2D eigenvalue weighted by molar-refractivity contribution is -0.132. The van der Waals surface area contributed by atoms with Gasteiger partial charge in [0.25, 0.3) is 0 Å². The van der Waals surface area contributed by atoms with Crippen molar-refractivity contribution in [3.8, 4) is 0 Å². The number of benzene rings is 2. The van der Waals surface area contributed by atoms with E-state index in [9.17, 15) is 4.79 Å². The average Bonchev–Trinajstić information content (AvgIpc) is 2.74. The van der Waals surface area contributed by atoms with Crippen LogP contribution in [0.4, 0.5) is 0 Å². The molecule has 29 heavy (non-hydrogen) atoms. The van der Waals surface area contributed by atoms with Gasteiger partial charge in [-0.2, -0.15) is 0 Å². The van der Waals surface area contributed by atoms with E-state index < -0.39 is 0 Å². The number of fused-ring (bicyclic) bond motifs is 1. The summed E-state index contributed by atoms with van der Waals surface area (Å²) in [5, 5.41) is 5.99. The lowest BCUT2D eigenvalue weighted by Crippen LogP contribution is -2.49. The predicted octanol–water partition coefficient (Wildman–Crippen LogP) is 2.62. The van der Waals surface area contributed by atoms with Crippen LogP contribution in [-0.4, -0.2) is 79.5 Å². The van der Waals surface area contributed by atoms with Gasteiger partial charge in [-0.15, -0.1) is 24.8 Å². The minimum absolute atomic E-state index is 0. The van der Waals surface area contributed by atoms with Gasteiger partial charge in [0.2, 0.25) is 5.91 Å². The quantitative estimate of drug-likeness (QED) is 0.778. The smallest absolute Gasteiger partial charge is 0.223 e. The third-order valence-electron chi connectivity index (χ3n) is 5.85. The topological polar surface area (TPSA) is 38.8 Å². The molecule has 2 aliphatic rings. The highest BCUT2D eigenvalue weighted by atomic mass is 35.5. The van der Waals surface area contributed by atoms with E-state index in [0.717, 1.165) is 65.4 Å². The molecule has 2 heterocycles. The molecular weight excluding hydrogens is 407 g/mol. The van der Waals surface area contributed by atoms with Gasteiger partial charge in [0.05, 0.1) is 0 Å². The number of rotatable bonds is 5. The third kappa shape index (κ3) is 6.30. The molecule has 7 heteroatoms. The number of nitrogens with one attached hydrogen (secondary N) is 1. The van der Waals surface area contributed by atoms with Crippen LogP contribution in [0.2, 0.25) is 0 Å². The monoisotopic (exact) mass is 438 g/mol. The number of hydrogen-bond acceptors (Lipinski definition) is 4. The fourth-order valence-electron chi connectivity index (χ4n) is 4.17. The van der Waals surface area contributed by atoms with E-state index in [1.807, 2.05) is 4.90 Å². The molecule has 1 N–H and O–H groups in total. The maximum Gasteiger partial charge on any atom is 0.223 e. The molecule has 2 aromatic rings. The van der Waals surface area contributed by atoms with Crippen molar-refractivity contribution in [2.24, 2.45) is 0 Å². The Morgan fingerprint density at radius 3 is 2.24 bits per heavy atom. The minimum Gasteiger partial charge on any atom is -0.340 e. The summed E-state index contributed by atoms with van der Waals surface area (Å²) in [6.07, 6.45) is 0.656. The first-order valence-corrected chi connectivity index (χ1v) is 10.2. The molecule has 5 nitrogen and oxygen atoms in total. The number of amides is 1. The molecule has 0 atom stereocenters. The molecule has 0 unspecified atom stereocenters. The van der Waals surface area contributed by atoms with Crippen molar-refractivity contribution in [3.05, 3.63) is 48.0 Å². The zero-order chi connectivity index (χ0) is 18.5. The van der Waals surface area contributed by atoms with Crippen LogP contribution in [-0.2, 0) is 11.3 Å². The van der Waals surface area contributed by atoms with Crippen molar-refractivity contribution in [2.75, 3.05) is 58.9 Å². The molecule has 0 aromatic heterocycles. The third-order valence-corrected chi connectivity index (χ3v) is 5.85. The van der Waals surface area contributed by atoms with Gasteiger partial charge < -0.3 is 15.1 Å². The van der Waals surface area contributed by atoms with E-state index in [1.54, 1.807) is 0 Å². The summed E-state index contributed by atoms with van der Waals surface area (Å²) in [5.41, 5.74) is 1.41. The van der Waals surface area contributed by atoms with Crippen LogP contribution in [0.3, 0.4) is 0 Å². The highest BCUT2D eigenvalue weighted by Gasteiger charge is 2.20. The molecule has 1 amide bonds. The number of halogens is 2. The molecule has 2 fully saturated rings. The average molecular weight is 439 g/mol. The molecule has 2 saturated heterocycles. The van der Waals surface area contributed by atoms with E-state index in [1.165, 1.54) is 16.3 Å². The molecule has 0 saturated carbocycles. The van der Waals surface area contributed by atoms with E-state index in [0.29, 0.717) is 12.3 Å². The summed E-state index contributed by atoms with van der Waals surface area (Å²) in [6, 6.07) is 15.2. The summed E-state index contributed by atoms with van der Waals surface area (Å²) in [4.78, 5) is 19.3. The Morgan fingerprint density at radius 1 is 0.828 bits per heavy atom. The van der Waals surface area contributed by atoms with Crippen molar-refractivity contribution in [1.82, 2.24) is 20.0 Å². The minimum atomic E-state index is 0. The first-order chi connectivity index (χ1) is 13.3. The van der Waals surface area contributed by atoms with Gasteiger partial charge in [0.1, 0.15) is 0 Å². The molecular formula is C22H32Cl2N4O. The van der Waals surface area contributed by atoms with Crippen molar-refractivity contribution < 1.29 is 4.79 Å². The second-order valence-corrected chi connectivity index (χ2v) is 7.64. The molecule has 4 rings (SSSR count). The highest BCUT2D eigenvalue weighted by molar-refractivity contribution is 5.86. The number of nitrogens with zero attached hydrogens (tertiary/aromatic N) is 3. The summed E-state index contributed by atoms with van der Waals surface area (Å²) < 4.78 is 0. The molecule has 0 spiro atoms. The summed E-state index contributed by atoms with van der Waals surface area (Å²) in [5.74, 6) is 0.315. The van der Waals surface area contributed by atoms with Crippen molar-refractivity contribution in [2.45, 2.75) is 13.0 Å². The standard InChI is InChI=1S/C22H30N4O.2ClH/c27-22(26-12-9-23-10-13-26)8-11-24-14-16-25(17-15-24)18-20-6-3-5-19-4-1-2-7-21(19)20;;/h1-7,23H,8-18H2;2*1H. The normalized spacial score (nSPS) is 18.1. The van der Waals surface area contributed by atoms with Gasteiger partial charge >= 0.3 is 0 Å². The summed E-state index contributed by atoms with van der Waals surface area (Å²) in [7, 11) is 0. The number of carbonyl (C=O) groups is 1. The van der Waals surface area contributed by atoms with Gasteiger partial charge in [0.15, 0.2) is 0 Å². The summed E-state index contributed by atoms with van der Waals surface area (Å²) >= 11 is 0. The van der Waals surface area contributed by atoms with Crippen LogP contribution in [0, 0.1) is 0 Å². The lowest BCUT2D eigenvalue weighted by atomic mass is 10.0. The van der Waals surface area contributed by atoms with Crippen LogP contribution in [0.25, 0.3) is 10.8 Å². The van der Waals surface area contributed by atoms with E-state index in [4.69, 9.17) is 0 Å². The molecule has 0 radical (unpaired) electrons. The molecule has 2 aromatic carbocycles. The molecule has 2 aliphatic heterocycles. The van der Waals surface area contributed by atoms with Crippen LogP contribution >= 0.6 is 24.8 Å². The number of piperazine rings is 2. The summed E-state index contributed by atoms with van der Waals surface area (Å²) in [6.45, 7) is 9.74. The fraction of sp³-hybridized carbons (Fsp3) is 0.500. The van der Waals surface area contributed by atoms with Gasteiger partial charge in [-0.25, -0.2) is 0 Å². The fourth-order valence-corrected chi connectivity index (χ4v) is 4.17. The predicted molar refractivity (Wildman–Crippen MR) is 124 cm³/mol. The Kier molecular flexibility index (Phi) is 9.66. The second kappa shape index (κ2) is 11.7. The number of hydrogen-bond donors (Lipinski definition) is 1. The maximum atomic E-state index is 12.3. The van der Waals surface area contributed by atoms with E-state index in [-0.39, 0.29) is 24.8 Å². The van der Waals surface area contributed by atoms with Gasteiger partial charge in [-0.3, -0.25) is 9.69 Å². The first-order valence-electron chi connectivity index (χ1n) is 10.2. The molecule has 0 aliphatic carbocycles. The Hall–Kier alpha value is -1.37. The van der Waals surface area contributed by atoms with Crippen LogP contribution in [0.15, 0.2) is 42.5 Å². The number of carbonyl (C=O) groups excluding carboxylic acids is 1. The van der Waals surface area contributed by atoms with Crippen molar-refractivity contribution >= 4 is 41.5 Å². The molecule has 0 bridgehead atoms. The van der Waals surface area contributed by atoms with Crippen LogP contribution in [0.5, 0.6) is 0 Å². The first kappa shape index (κ1) is 23.9. The largest absolute Gasteiger partial charge is 0.340 e. The van der Waals surface area contributed by atoms with Crippen molar-refractivity contribution in [1.29, 1.82) is 0 Å².